The third-order valence-electron chi connectivity index (χ3n) is 5.60. The van der Waals surface area contributed by atoms with Crippen molar-refractivity contribution in [2.24, 2.45) is 11.7 Å². The molecule has 1 aliphatic heterocycles. The number of hydrogen-bond acceptors (Lipinski definition) is 4. The normalized spacial score (nSPS) is 16.7. The summed E-state index contributed by atoms with van der Waals surface area (Å²) in [5, 5.41) is 2.92. The maximum Gasteiger partial charge on any atom is 0.252 e. The molecule has 0 radical (unpaired) electrons. The number of ether oxygens (including phenoxy) is 1. The summed E-state index contributed by atoms with van der Waals surface area (Å²) in [6.07, 6.45) is 1.77. The van der Waals surface area contributed by atoms with Gasteiger partial charge in [-0.05, 0) is 55.5 Å². The molecule has 6 heteroatoms. The van der Waals surface area contributed by atoms with Crippen LogP contribution in [0.5, 0.6) is 5.75 Å². The topological polar surface area (TPSA) is 84.7 Å². The van der Waals surface area contributed by atoms with Crippen LogP contribution in [0, 0.1) is 5.92 Å². The number of rotatable bonds is 6. The molecule has 0 aromatic heterocycles. The van der Waals surface area contributed by atoms with E-state index < -0.39 is 6.04 Å². The first-order valence-electron chi connectivity index (χ1n) is 10.0. The Kier molecular flexibility index (Phi) is 6.88. The van der Waals surface area contributed by atoms with E-state index in [4.69, 9.17) is 10.5 Å². The Bertz CT molecular complexity index is 813. The van der Waals surface area contributed by atoms with E-state index in [1.165, 1.54) is 0 Å². The molecule has 0 saturated carbocycles. The highest BCUT2D eigenvalue weighted by atomic mass is 16.5. The Morgan fingerprint density at radius 2 is 1.69 bits per heavy atom. The first-order chi connectivity index (χ1) is 14.0. The molecule has 2 atom stereocenters. The molecule has 1 heterocycles. The average molecular weight is 396 g/mol. The summed E-state index contributed by atoms with van der Waals surface area (Å²) in [6.45, 7) is 3.34. The van der Waals surface area contributed by atoms with Crippen LogP contribution in [0.15, 0.2) is 54.6 Å². The van der Waals surface area contributed by atoms with E-state index in [1.807, 2.05) is 42.2 Å². The molecule has 1 fully saturated rings. The number of hydrogen-bond donors (Lipinski definition) is 2. The number of amides is 2. The zero-order valence-electron chi connectivity index (χ0n) is 17.0. The van der Waals surface area contributed by atoms with Crippen LogP contribution in [0.25, 0.3) is 0 Å². The zero-order chi connectivity index (χ0) is 20.8. The Labute approximate surface area is 172 Å². The maximum atomic E-state index is 13.3. The maximum absolute atomic E-state index is 13.3. The molecular weight excluding hydrogens is 366 g/mol. The van der Waals surface area contributed by atoms with Crippen molar-refractivity contribution >= 4 is 11.8 Å². The van der Waals surface area contributed by atoms with E-state index in [-0.39, 0.29) is 17.9 Å². The van der Waals surface area contributed by atoms with Gasteiger partial charge in [0.1, 0.15) is 11.8 Å². The standard InChI is InChI=1S/C23H29N3O3/c1-16(24)17-12-14-26(15-13-17)23(28)21(18-6-4-3-5-7-18)25-22(27)19-8-10-20(29-2)11-9-19/h3-11,16-17,21H,12-15,24H2,1-2H3,(H,25,27). The van der Waals surface area contributed by atoms with Gasteiger partial charge >= 0.3 is 0 Å². The van der Waals surface area contributed by atoms with Crippen molar-refractivity contribution in [3.8, 4) is 5.75 Å². The number of nitrogens with zero attached hydrogens (tertiary/aromatic N) is 1. The lowest BCUT2D eigenvalue weighted by Crippen LogP contribution is -2.47. The summed E-state index contributed by atoms with van der Waals surface area (Å²) >= 11 is 0. The smallest absolute Gasteiger partial charge is 0.252 e. The fourth-order valence-corrected chi connectivity index (χ4v) is 3.72. The van der Waals surface area contributed by atoms with E-state index in [2.05, 4.69) is 5.32 Å². The molecule has 0 spiro atoms. The lowest BCUT2D eigenvalue weighted by atomic mass is 9.90. The number of carbonyl (C=O) groups excluding carboxylic acids is 2. The molecule has 3 rings (SSSR count). The molecular formula is C23H29N3O3. The van der Waals surface area contributed by atoms with Crippen LogP contribution >= 0.6 is 0 Å². The first kappa shape index (κ1) is 20.9. The second-order valence-corrected chi connectivity index (χ2v) is 7.57. The SMILES string of the molecule is COc1ccc(C(=O)NC(C(=O)N2CCC(C(C)N)CC2)c2ccccc2)cc1. The van der Waals surface area contributed by atoms with Gasteiger partial charge in [-0.1, -0.05) is 30.3 Å². The molecule has 1 aliphatic rings. The minimum atomic E-state index is -0.724. The van der Waals surface area contributed by atoms with Gasteiger partial charge in [-0.3, -0.25) is 9.59 Å². The third-order valence-corrected chi connectivity index (χ3v) is 5.60. The summed E-state index contributed by atoms with van der Waals surface area (Å²) in [5.41, 5.74) is 7.27. The summed E-state index contributed by atoms with van der Waals surface area (Å²) < 4.78 is 5.14. The van der Waals surface area contributed by atoms with Crippen LogP contribution in [0.3, 0.4) is 0 Å². The highest BCUT2D eigenvalue weighted by Gasteiger charge is 2.31. The number of likely N-dealkylation sites (tertiary alicyclic amines) is 1. The van der Waals surface area contributed by atoms with Crippen LogP contribution in [-0.4, -0.2) is 43.0 Å². The minimum absolute atomic E-state index is 0.0822. The summed E-state index contributed by atoms with van der Waals surface area (Å²) in [4.78, 5) is 28.0. The van der Waals surface area contributed by atoms with Crippen molar-refractivity contribution < 1.29 is 14.3 Å². The first-order valence-corrected chi connectivity index (χ1v) is 10.0. The van der Waals surface area contributed by atoms with Gasteiger partial charge in [0, 0.05) is 24.7 Å². The molecule has 0 aliphatic carbocycles. The molecule has 2 aromatic rings. The molecule has 0 bridgehead atoms. The fourth-order valence-electron chi connectivity index (χ4n) is 3.72. The van der Waals surface area contributed by atoms with Gasteiger partial charge in [0.05, 0.1) is 7.11 Å². The predicted octanol–water partition coefficient (Wildman–Crippen LogP) is 2.75. The second-order valence-electron chi connectivity index (χ2n) is 7.57. The number of piperidine rings is 1. The van der Waals surface area contributed by atoms with Crippen LogP contribution in [0.1, 0.15) is 41.7 Å². The van der Waals surface area contributed by atoms with Crippen molar-refractivity contribution in [2.75, 3.05) is 20.2 Å². The van der Waals surface area contributed by atoms with E-state index in [0.29, 0.717) is 30.3 Å². The molecule has 1 saturated heterocycles. The molecule has 2 aromatic carbocycles. The highest BCUT2D eigenvalue weighted by Crippen LogP contribution is 2.24. The molecule has 2 unspecified atom stereocenters. The summed E-state index contributed by atoms with van der Waals surface area (Å²) in [6, 6.07) is 15.6. The number of benzene rings is 2. The molecule has 3 N–H and O–H groups in total. The summed E-state index contributed by atoms with van der Waals surface area (Å²) in [7, 11) is 1.58. The molecule has 29 heavy (non-hydrogen) atoms. The van der Waals surface area contributed by atoms with Gasteiger partial charge < -0.3 is 20.7 Å². The van der Waals surface area contributed by atoms with Gasteiger partial charge in [-0.2, -0.15) is 0 Å². The Morgan fingerprint density at radius 1 is 1.07 bits per heavy atom. The monoisotopic (exact) mass is 395 g/mol. The van der Waals surface area contributed by atoms with Crippen molar-refractivity contribution in [1.82, 2.24) is 10.2 Å². The van der Waals surface area contributed by atoms with E-state index in [0.717, 1.165) is 18.4 Å². The van der Waals surface area contributed by atoms with E-state index in [1.54, 1.807) is 31.4 Å². The van der Waals surface area contributed by atoms with Crippen molar-refractivity contribution in [3.05, 3.63) is 65.7 Å². The Morgan fingerprint density at radius 3 is 2.24 bits per heavy atom. The van der Waals surface area contributed by atoms with Crippen LogP contribution < -0.4 is 15.8 Å². The quantitative estimate of drug-likeness (QED) is 0.788. The van der Waals surface area contributed by atoms with Gasteiger partial charge in [0.15, 0.2) is 0 Å². The number of nitrogens with one attached hydrogen (secondary N) is 1. The van der Waals surface area contributed by atoms with Crippen molar-refractivity contribution in [3.63, 3.8) is 0 Å². The van der Waals surface area contributed by atoms with Crippen molar-refractivity contribution in [2.45, 2.75) is 31.8 Å². The second kappa shape index (κ2) is 9.56. The Balaban J connectivity index is 1.76. The van der Waals surface area contributed by atoms with E-state index >= 15 is 0 Å². The lowest BCUT2D eigenvalue weighted by molar-refractivity contribution is -0.134. The van der Waals surface area contributed by atoms with Crippen LogP contribution in [-0.2, 0) is 4.79 Å². The van der Waals surface area contributed by atoms with Gasteiger partial charge in [0.2, 0.25) is 5.91 Å². The van der Waals surface area contributed by atoms with Crippen LogP contribution in [0.4, 0.5) is 0 Å². The van der Waals surface area contributed by atoms with Crippen molar-refractivity contribution in [1.29, 1.82) is 0 Å². The minimum Gasteiger partial charge on any atom is -0.497 e. The van der Waals surface area contributed by atoms with Gasteiger partial charge in [-0.15, -0.1) is 0 Å². The van der Waals surface area contributed by atoms with Crippen LogP contribution in [0.2, 0.25) is 0 Å². The number of carbonyl (C=O) groups is 2. The zero-order valence-corrected chi connectivity index (χ0v) is 17.0. The summed E-state index contributed by atoms with van der Waals surface area (Å²) in [5.74, 6) is 0.735. The highest BCUT2D eigenvalue weighted by molar-refractivity contribution is 5.98. The number of nitrogens with two attached hydrogens (primary N) is 1. The third kappa shape index (κ3) is 5.15. The van der Waals surface area contributed by atoms with E-state index in [9.17, 15) is 9.59 Å². The Hall–Kier alpha value is -2.86. The number of methoxy groups -OCH3 is 1. The molecule has 154 valence electrons. The molecule has 2 amide bonds. The predicted molar refractivity (Wildman–Crippen MR) is 113 cm³/mol. The largest absolute Gasteiger partial charge is 0.497 e. The fraction of sp³-hybridized carbons (Fsp3) is 0.391. The van der Waals surface area contributed by atoms with Gasteiger partial charge in [-0.25, -0.2) is 0 Å². The lowest BCUT2D eigenvalue weighted by Gasteiger charge is -2.35. The van der Waals surface area contributed by atoms with Gasteiger partial charge in [0.25, 0.3) is 5.91 Å². The molecule has 6 nitrogen and oxygen atoms in total. The average Bonchev–Trinajstić information content (AvgIpc) is 2.77.